The van der Waals surface area contributed by atoms with Crippen LogP contribution in [0.5, 0.6) is 0 Å². The van der Waals surface area contributed by atoms with Crippen molar-refractivity contribution in [3.63, 3.8) is 0 Å². The third kappa shape index (κ3) is 3.90. The van der Waals surface area contributed by atoms with Crippen molar-refractivity contribution in [3.8, 4) is 0 Å². The lowest BCUT2D eigenvalue weighted by atomic mass is 9.73. The van der Waals surface area contributed by atoms with Gasteiger partial charge in [0.1, 0.15) is 11.8 Å². The van der Waals surface area contributed by atoms with Crippen molar-refractivity contribution in [3.05, 3.63) is 102 Å². The van der Waals surface area contributed by atoms with E-state index in [0.29, 0.717) is 13.1 Å². The molecule has 34 heavy (non-hydrogen) atoms. The lowest BCUT2D eigenvalue weighted by Crippen LogP contribution is -2.56. The average molecular weight is 454 g/mol. The minimum Gasteiger partial charge on any atom is -0.339 e. The standard InChI is InChI=1S/C29H31N3O2/c33-22-28(24-10-4-1-5-11-24,25-12-6-2-7-13-25)16-19-31-20-17-29(18-21-31)27(34)30-23-32(29)26-14-8-3-9-15-26/h1-15,22H,16-21,23H2,(H,30,34). The van der Waals surface area contributed by atoms with Crippen LogP contribution in [0.15, 0.2) is 91.0 Å². The van der Waals surface area contributed by atoms with E-state index in [1.165, 1.54) is 0 Å². The summed E-state index contributed by atoms with van der Waals surface area (Å²) in [6, 6.07) is 30.4. The molecule has 3 aromatic carbocycles. The molecule has 0 saturated carbocycles. The van der Waals surface area contributed by atoms with Crippen LogP contribution in [-0.2, 0) is 15.0 Å². The highest BCUT2D eigenvalue weighted by atomic mass is 16.2. The van der Waals surface area contributed by atoms with E-state index in [2.05, 4.69) is 27.2 Å². The molecule has 0 aliphatic carbocycles. The van der Waals surface area contributed by atoms with Crippen molar-refractivity contribution in [2.75, 3.05) is 31.2 Å². The maximum Gasteiger partial charge on any atom is 0.247 e. The summed E-state index contributed by atoms with van der Waals surface area (Å²) in [6.07, 6.45) is 3.37. The highest BCUT2D eigenvalue weighted by Gasteiger charge is 2.50. The van der Waals surface area contributed by atoms with E-state index in [1.807, 2.05) is 78.9 Å². The fourth-order valence-corrected chi connectivity index (χ4v) is 5.64. The zero-order valence-corrected chi connectivity index (χ0v) is 19.4. The molecule has 2 saturated heterocycles. The van der Waals surface area contributed by atoms with Crippen LogP contribution in [0, 0.1) is 0 Å². The molecule has 0 aromatic heterocycles. The molecule has 1 spiro atoms. The van der Waals surface area contributed by atoms with Crippen LogP contribution in [-0.4, -0.2) is 48.9 Å². The Hall–Kier alpha value is -3.44. The van der Waals surface area contributed by atoms with E-state index in [0.717, 1.165) is 55.6 Å². The van der Waals surface area contributed by atoms with Gasteiger partial charge in [0.15, 0.2) is 0 Å². The first-order chi connectivity index (χ1) is 16.7. The van der Waals surface area contributed by atoms with Gasteiger partial charge in [-0.15, -0.1) is 0 Å². The van der Waals surface area contributed by atoms with E-state index >= 15 is 0 Å². The highest BCUT2D eigenvalue weighted by molar-refractivity contribution is 5.93. The number of carbonyl (C=O) groups excluding carboxylic acids is 2. The number of benzene rings is 3. The summed E-state index contributed by atoms with van der Waals surface area (Å²) in [4.78, 5) is 30.3. The smallest absolute Gasteiger partial charge is 0.247 e. The van der Waals surface area contributed by atoms with Crippen molar-refractivity contribution in [1.82, 2.24) is 10.2 Å². The molecule has 0 radical (unpaired) electrons. The quantitative estimate of drug-likeness (QED) is 0.550. The summed E-state index contributed by atoms with van der Waals surface area (Å²) in [5.41, 5.74) is 1.96. The van der Waals surface area contributed by atoms with Gasteiger partial charge in [-0.1, -0.05) is 78.9 Å². The number of nitrogens with one attached hydrogen (secondary N) is 1. The van der Waals surface area contributed by atoms with Gasteiger partial charge in [0.05, 0.1) is 12.1 Å². The van der Waals surface area contributed by atoms with Crippen LogP contribution >= 0.6 is 0 Å². The summed E-state index contributed by atoms with van der Waals surface area (Å²) < 4.78 is 0. The Morgan fingerprint density at radius 3 is 1.88 bits per heavy atom. The Kier molecular flexibility index (Phi) is 6.20. The first-order valence-electron chi connectivity index (χ1n) is 12.1. The van der Waals surface area contributed by atoms with Crippen LogP contribution in [0.1, 0.15) is 30.4 Å². The summed E-state index contributed by atoms with van der Waals surface area (Å²) >= 11 is 0. The van der Waals surface area contributed by atoms with Crippen molar-refractivity contribution >= 4 is 17.9 Å². The average Bonchev–Trinajstić information content (AvgIpc) is 3.22. The fourth-order valence-electron chi connectivity index (χ4n) is 5.64. The normalized spacial score (nSPS) is 18.1. The predicted molar refractivity (Wildman–Crippen MR) is 135 cm³/mol. The van der Waals surface area contributed by atoms with Crippen molar-refractivity contribution < 1.29 is 9.59 Å². The molecule has 174 valence electrons. The molecule has 0 bridgehead atoms. The number of hydrogen-bond donors (Lipinski definition) is 1. The van der Waals surface area contributed by atoms with Gasteiger partial charge in [-0.05, 0) is 49.1 Å². The van der Waals surface area contributed by atoms with E-state index in [1.54, 1.807) is 0 Å². The number of rotatable bonds is 7. The number of para-hydroxylation sites is 1. The summed E-state index contributed by atoms with van der Waals surface area (Å²) in [5.74, 6) is 0.131. The van der Waals surface area contributed by atoms with Gasteiger partial charge in [-0.25, -0.2) is 0 Å². The van der Waals surface area contributed by atoms with Gasteiger partial charge in [-0.2, -0.15) is 0 Å². The van der Waals surface area contributed by atoms with Gasteiger partial charge < -0.3 is 19.9 Å². The van der Waals surface area contributed by atoms with E-state index in [4.69, 9.17) is 0 Å². The lowest BCUT2D eigenvalue weighted by Gasteiger charge is -2.44. The third-order valence-electron chi connectivity index (χ3n) is 7.69. The van der Waals surface area contributed by atoms with Crippen molar-refractivity contribution in [2.24, 2.45) is 0 Å². The summed E-state index contributed by atoms with van der Waals surface area (Å²) in [5, 5.41) is 3.07. The second-order valence-electron chi connectivity index (χ2n) is 9.37. The molecule has 5 rings (SSSR count). The number of aldehydes is 1. The minimum atomic E-state index is -0.682. The van der Waals surface area contributed by atoms with Crippen LogP contribution in [0.25, 0.3) is 0 Å². The Balaban J connectivity index is 1.33. The van der Waals surface area contributed by atoms with Crippen LogP contribution in [0.4, 0.5) is 5.69 Å². The van der Waals surface area contributed by atoms with Crippen molar-refractivity contribution in [1.29, 1.82) is 0 Å². The first kappa shape index (κ1) is 22.4. The number of piperidine rings is 1. The molecule has 5 nitrogen and oxygen atoms in total. The minimum absolute atomic E-state index is 0.131. The molecule has 2 aliphatic rings. The van der Waals surface area contributed by atoms with Gasteiger partial charge in [0.25, 0.3) is 0 Å². The second-order valence-corrected chi connectivity index (χ2v) is 9.37. The molecule has 0 unspecified atom stereocenters. The molecular weight excluding hydrogens is 422 g/mol. The van der Waals surface area contributed by atoms with Crippen LogP contribution in [0.2, 0.25) is 0 Å². The summed E-state index contributed by atoms with van der Waals surface area (Å²) in [7, 11) is 0. The van der Waals surface area contributed by atoms with Gasteiger partial charge in [0.2, 0.25) is 5.91 Å². The second kappa shape index (κ2) is 9.43. The van der Waals surface area contributed by atoms with Crippen LogP contribution < -0.4 is 10.2 Å². The summed E-state index contributed by atoms with van der Waals surface area (Å²) in [6.45, 7) is 3.01. The van der Waals surface area contributed by atoms with E-state index in [9.17, 15) is 9.59 Å². The highest BCUT2D eigenvalue weighted by Crippen LogP contribution is 2.38. The van der Waals surface area contributed by atoms with E-state index in [-0.39, 0.29) is 5.91 Å². The number of nitrogens with zero attached hydrogens (tertiary/aromatic N) is 2. The Morgan fingerprint density at radius 2 is 1.35 bits per heavy atom. The molecule has 0 atom stereocenters. The Labute approximate surface area is 201 Å². The largest absolute Gasteiger partial charge is 0.339 e. The maximum absolute atomic E-state index is 13.0. The topological polar surface area (TPSA) is 52.7 Å². The molecule has 5 heteroatoms. The molecular formula is C29H31N3O2. The molecule has 2 aliphatic heterocycles. The Morgan fingerprint density at radius 1 is 0.824 bits per heavy atom. The predicted octanol–water partition coefficient (Wildman–Crippen LogP) is 3.99. The van der Waals surface area contributed by atoms with Crippen molar-refractivity contribution in [2.45, 2.75) is 30.2 Å². The van der Waals surface area contributed by atoms with Gasteiger partial charge in [0, 0.05) is 18.8 Å². The third-order valence-corrected chi connectivity index (χ3v) is 7.69. The lowest BCUT2D eigenvalue weighted by molar-refractivity contribution is -0.125. The zero-order valence-electron chi connectivity index (χ0n) is 19.4. The monoisotopic (exact) mass is 453 g/mol. The van der Waals surface area contributed by atoms with E-state index < -0.39 is 11.0 Å². The molecule has 2 heterocycles. The van der Waals surface area contributed by atoms with Gasteiger partial charge in [-0.3, -0.25) is 4.79 Å². The van der Waals surface area contributed by atoms with Gasteiger partial charge >= 0.3 is 0 Å². The van der Waals surface area contributed by atoms with Crippen LogP contribution in [0.3, 0.4) is 0 Å². The number of hydrogen-bond acceptors (Lipinski definition) is 4. The molecule has 1 N–H and O–H groups in total. The zero-order chi connectivity index (χ0) is 23.4. The molecule has 3 aromatic rings. The number of amides is 1. The fraction of sp³-hybridized carbons (Fsp3) is 0.310. The molecule has 1 amide bonds. The molecule has 2 fully saturated rings. The maximum atomic E-state index is 13.0. The SMILES string of the molecule is O=CC(CCN1CCC2(CC1)C(=O)NCN2c1ccccc1)(c1ccccc1)c1ccccc1. The number of carbonyl (C=O) groups is 2. The number of anilines is 1. The first-order valence-corrected chi connectivity index (χ1v) is 12.1. The number of likely N-dealkylation sites (tertiary alicyclic amines) is 1. The Bertz CT molecular complexity index is 1070.